The lowest BCUT2D eigenvalue weighted by Crippen LogP contribution is -2.44. The van der Waals surface area contributed by atoms with Gasteiger partial charge in [0.15, 0.2) is 5.82 Å². The molecule has 0 bridgehead atoms. The number of hydrogen-bond acceptors (Lipinski definition) is 6. The monoisotopic (exact) mass is 465 g/mol. The molecule has 0 saturated carbocycles. The lowest BCUT2D eigenvalue weighted by Gasteiger charge is -2.34. The summed E-state index contributed by atoms with van der Waals surface area (Å²) in [6.07, 6.45) is 3.51. The van der Waals surface area contributed by atoms with Crippen LogP contribution in [0.4, 0.5) is 5.69 Å². The number of nitrogens with zero attached hydrogens (tertiary/aromatic N) is 5. The molecule has 3 aromatic heterocycles. The van der Waals surface area contributed by atoms with Crippen LogP contribution >= 0.6 is 0 Å². The number of imidazole rings is 1. The largest absolute Gasteiger partial charge is 0.487 e. The number of aromatic amines is 2. The normalized spacial score (nSPS) is 14.5. The molecule has 4 heterocycles. The predicted molar refractivity (Wildman–Crippen MR) is 137 cm³/mol. The van der Waals surface area contributed by atoms with E-state index < -0.39 is 0 Å². The maximum Gasteiger partial charge on any atom is 0.156 e. The van der Waals surface area contributed by atoms with Crippen molar-refractivity contribution >= 4 is 16.7 Å². The third kappa shape index (κ3) is 4.48. The van der Waals surface area contributed by atoms with Crippen molar-refractivity contribution in [1.29, 1.82) is 0 Å². The van der Waals surface area contributed by atoms with Crippen LogP contribution in [0.15, 0.2) is 73.1 Å². The molecule has 0 spiro atoms. The van der Waals surface area contributed by atoms with Crippen molar-refractivity contribution in [2.45, 2.75) is 6.61 Å². The SMILES string of the molecule is CN1CCN(c2cccc3[nH]c(-c4cc(-c5cncc(OCc6ccccc6)c5)n[nH]4)nc23)CC1. The average Bonchev–Trinajstić information content (AvgIpc) is 3.56. The van der Waals surface area contributed by atoms with Gasteiger partial charge in [0.25, 0.3) is 0 Å². The summed E-state index contributed by atoms with van der Waals surface area (Å²) in [6.45, 7) is 4.61. The van der Waals surface area contributed by atoms with Crippen LogP contribution in [0.5, 0.6) is 5.75 Å². The van der Waals surface area contributed by atoms with Crippen LogP contribution in [0, 0.1) is 0 Å². The Morgan fingerprint density at radius 2 is 1.80 bits per heavy atom. The molecule has 176 valence electrons. The Bertz CT molecular complexity index is 1430. The van der Waals surface area contributed by atoms with Crippen molar-refractivity contribution in [1.82, 2.24) is 30.0 Å². The Balaban J connectivity index is 1.23. The van der Waals surface area contributed by atoms with Crippen molar-refractivity contribution in [3.05, 3.63) is 78.6 Å². The minimum absolute atomic E-state index is 0.492. The maximum absolute atomic E-state index is 5.94. The van der Waals surface area contributed by atoms with Crippen molar-refractivity contribution in [2.75, 3.05) is 38.1 Å². The fraction of sp³-hybridized carbons (Fsp3) is 0.222. The highest BCUT2D eigenvalue weighted by atomic mass is 16.5. The van der Waals surface area contributed by atoms with Gasteiger partial charge in [-0.3, -0.25) is 10.1 Å². The molecule has 8 nitrogen and oxygen atoms in total. The molecular weight excluding hydrogens is 438 g/mol. The summed E-state index contributed by atoms with van der Waals surface area (Å²) in [5, 5.41) is 7.65. The molecule has 5 aromatic rings. The van der Waals surface area contributed by atoms with Gasteiger partial charge in [-0.15, -0.1) is 0 Å². The zero-order valence-corrected chi connectivity index (χ0v) is 19.6. The Morgan fingerprint density at radius 1 is 0.943 bits per heavy atom. The van der Waals surface area contributed by atoms with Gasteiger partial charge < -0.3 is 19.5 Å². The molecule has 0 radical (unpaired) electrons. The van der Waals surface area contributed by atoms with Gasteiger partial charge in [-0.2, -0.15) is 5.10 Å². The molecule has 0 atom stereocenters. The molecular formula is C27H27N7O. The molecule has 2 N–H and O–H groups in total. The first-order chi connectivity index (χ1) is 17.2. The van der Waals surface area contributed by atoms with E-state index in [2.05, 4.69) is 55.2 Å². The van der Waals surface area contributed by atoms with Crippen molar-refractivity contribution < 1.29 is 4.74 Å². The third-order valence-electron chi connectivity index (χ3n) is 6.43. The van der Waals surface area contributed by atoms with E-state index in [-0.39, 0.29) is 0 Å². The van der Waals surface area contributed by atoms with Gasteiger partial charge in [0, 0.05) is 37.9 Å². The zero-order valence-electron chi connectivity index (χ0n) is 19.6. The topological polar surface area (TPSA) is 86.0 Å². The molecule has 0 unspecified atom stereocenters. The van der Waals surface area contributed by atoms with Crippen LogP contribution in [0.3, 0.4) is 0 Å². The smallest absolute Gasteiger partial charge is 0.156 e. The summed E-state index contributed by atoms with van der Waals surface area (Å²) in [7, 11) is 2.17. The van der Waals surface area contributed by atoms with Gasteiger partial charge in [0.05, 0.1) is 23.1 Å². The van der Waals surface area contributed by atoms with Gasteiger partial charge in [0.2, 0.25) is 0 Å². The number of ether oxygens (including phenoxy) is 1. The maximum atomic E-state index is 5.94. The number of nitrogens with one attached hydrogen (secondary N) is 2. The molecule has 1 aliphatic rings. The summed E-state index contributed by atoms with van der Waals surface area (Å²) in [6, 6.07) is 20.3. The molecule has 8 heteroatoms. The van der Waals surface area contributed by atoms with E-state index in [9.17, 15) is 0 Å². The van der Waals surface area contributed by atoms with Crippen molar-refractivity contribution in [3.63, 3.8) is 0 Å². The summed E-state index contributed by atoms with van der Waals surface area (Å²) in [5.74, 6) is 1.47. The number of pyridine rings is 1. The second-order valence-corrected chi connectivity index (χ2v) is 8.90. The number of hydrogen-bond donors (Lipinski definition) is 2. The van der Waals surface area contributed by atoms with Crippen LogP contribution in [0.2, 0.25) is 0 Å². The van der Waals surface area contributed by atoms with E-state index in [1.165, 1.54) is 5.69 Å². The molecule has 0 amide bonds. The number of para-hydroxylation sites is 1. The van der Waals surface area contributed by atoms with Gasteiger partial charge in [0.1, 0.15) is 23.6 Å². The van der Waals surface area contributed by atoms with E-state index in [1.54, 1.807) is 12.4 Å². The van der Waals surface area contributed by atoms with E-state index in [1.807, 2.05) is 42.5 Å². The van der Waals surface area contributed by atoms with Gasteiger partial charge in [-0.25, -0.2) is 4.98 Å². The predicted octanol–water partition coefficient (Wildman–Crippen LogP) is 4.35. The quantitative estimate of drug-likeness (QED) is 0.388. The van der Waals surface area contributed by atoms with Crippen LogP contribution in [0.25, 0.3) is 33.8 Å². The Kier molecular flexibility index (Phi) is 5.64. The second kappa shape index (κ2) is 9.23. The Hall–Kier alpha value is -4.17. The van der Waals surface area contributed by atoms with Crippen LogP contribution in [-0.4, -0.2) is 63.3 Å². The number of piperazine rings is 1. The molecule has 1 fully saturated rings. The number of anilines is 1. The van der Waals surface area contributed by atoms with Gasteiger partial charge >= 0.3 is 0 Å². The minimum atomic E-state index is 0.492. The second-order valence-electron chi connectivity index (χ2n) is 8.90. The zero-order chi connectivity index (χ0) is 23.6. The number of H-pyrrole nitrogens is 2. The lowest BCUT2D eigenvalue weighted by molar-refractivity contribution is 0.305. The van der Waals surface area contributed by atoms with Gasteiger partial charge in [-0.05, 0) is 36.9 Å². The number of aromatic nitrogens is 5. The first kappa shape index (κ1) is 21.4. The van der Waals surface area contributed by atoms with E-state index in [0.29, 0.717) is 12.4 Å². The number of rotatable bonds is 6. The highest BCUT2D eigenvalue weighted by molar-refractivity contribution is 5.91. The van der Waals surface area contributed by atoms with Crippen LogP contribution in [-0.2, 0) is 6.61 Å². The number of benzene rings is 2. The molecule has 35 heavy (non-hydrogen) atoms. The van der Waals surface area contributed by atoms with E-state index in [0.717, 1.165) is 65.6 Å². The molecule has 1 aliphatic heterocycles. The lowest BCUT2D eigenvalue weighted by atomic mass is 10.2. The first-order valence-corrected chi connectivity index (χ1v) is 11.8. The van der Waals surface area contributed by atoms with Gasteiger partial charge in [-0.1, -0.05) is 36.4 Å². The highest BCUT2D eigenvalue weighted by Crippen LogP contribution is 2.30. The summed E-state index contributed by atoms with van der Waals surface area (Å²) >= 11 is 0. The first-order valence-electron chi connectivity index (χ1n) is 11.8. The molecule has 2 aromatic carbocycles. The fourth-order valence-corrected chi connectivity index (χ4v) is 4.42. The summed E-state index contributed by atoms with van der Waals surface area (Å²) in [5.41, 5.74) is 6.79. The van der Waals surface area contributed by atoms with Crippen molar-refractivity contribution in [3.8, 4) is 28.5 Å². The minimum Gasteiger partial charge on any atom is -0.487 e. The molecule has 6 rings (SSSR count). The average molecular weight is 466 g/mol. The number of likely N-dealkylation sites (N-methyl/N-ethyl adjacent to an activating group) is 1. The Labute approximate surface area is 203 Å². The van der Waals surface area contributed by atoms with Crippen LogP contribution in [0.1, 0.15) is 5.56 Å². The summed E-state index contributed by atoms with van der Waals surface area (Å²) in [4.78, 5) is 17.5. The van der Waals surface area contributed by atoms with Crippen LogP contribution < -0.4 is 9.64 Å². The third-order valence-corrected chi connectivity index (χ3v) is 6.43. The molecule has 0 aliphatic carbocycles. The highest BCUT2D eigenvalue weighted by Gasteiger charge is 2.19. The molecule has 1 saturated heterocycles. The standard InChI is InChI=1S/C27H27N7O/c1-33-10-12-34(13-11-33)25-9-5-8-22-26(25)30-27(29-22)24-15-23(31-32-24)20-14-21(17-28-16-20)35-18-19-6-3-2-4-7-19/h2-9,14-17H,10-13,18H2,1H3,(H,29,30)(H,31,32). The number of fused-ring (bicyclic) bond motifs is 1. The fourth-order valence-electron chi connectivity index (χ4n) is 4.42. The van der Waals surface area contributed by atoms with Crippen molar-refractivity contribution in [2.24, 2.45) is 0 Å². The Morgan fingerprint density at radius 3 is 2.66 bits per heavy atom. The summed E-state index contributed by atoms with van der Waals surface area (Å²) < 4.78 is 5.94. The van der Waals surface area contributed by atoms with E-state index >= 15 is 0 Å². The van der Waals surface area contributed by atoms with E-state index in [4.69, 9.17) is 9.72 Å².